The monoisotopic (exact) mass is 920 g/mol. The minimum absolute atomic E-state index is 0.0139. The molecule has 5 aromatic rings. The molecule has 0 spiro atoms. The van der Waals surface area contributed by atoms with E-state index in [0.29, 0.717) is 85.3 Å². The number of carbonyl (C=O) groups excluding carboxylic acids is 2. The van der Waals surface area contributed by atoms with Crippen LogP contribution in [0.1, 0.15) is 33.2 Å². The number of hydrogen-bond donors (Lipinski definition) is 1. The highest BCUT2D eigenvalue weighted by molar-refractivity contribution is 6.35. The van der Waals surface area contributed by atoms with Gasteiger partial charge in [0.05, 0.1) is 11.6 Å². The van der Waals surface area contributed by atoms with Gasteiger partial charge in [0.1, 0.15) is 48.9 Å². The van der Waals surface area contributed by atoms with Crippen molar-refractivity contribution in [1.82, 2.24) is 9.80 Å². The SMILES string of the molecule is C=CCOc1cccc(C(=O)N2CCN(c3ccc(O)cc3)CC2)c1.C=CCOc1cccc(C(=O)N2CCN(c3ccc(OC[C@@H]4CO[C@](C)(c5ccc(Cl)cc5Cl)O4)cc3)CC2)c1. The van der Waals surface area contributed by atoms with Gasteiger partial charge in [-0.15, -0.1) is 0 Å². The molecule has 3 saturated heterocycles. The van der Waals surface area contributed by atoms with E-state index in [1.807, 2.05) is 95.6 Å². The highest BCUT2D eigenvalue weighted by atomic mass is 35.5. The standard InChI is InChI=1S/C31H32Cl2N2O5.C20H22N2O3/c1-3-17-37-26-6-4-5-22(18-26)30(36)35-15-13-34(14-16-35)24-8-10-25(11-9-24)38-20-27-21-39-31(2,40-27)28-12-7-23(32)19-29(28)33;1-2-14-25-19-5-3-4-16(15-19)20(24)22-12-10-21(11-13-22)17-6-8-18(23)9-7-17/h3-12,18-19,27H,1,13-17,20-21H2,2H3;2-9,15,23H,1,10-14H2/t27-,31+;/m1./s1. The zero-order chi connectivity index (χ0) is 45.8. The van der Waals surface area contributed by atoms with Crippen molar-refractivity contribution in [3.63, 3.8) is 0 Å². The smallest absolute Gasteiger partial charge is 0.254 e. The van der Waals surface area contributed by atoms with Gasteiger partial charge in [-0.05, 0) is 104 Å². The number of benzene rings is 5. The highest BCUT2D eigenvalue weighted by Crippen LogP contribution is 2.39. The van der Waals surface area contributed by atoms with E-state index in [0.717, 1.165) is 48.9 Å². The van der Waals surface area contributed by atoms with Crippen LogP contribution in [-0.4, -0.2) is 112 Å². The number of carbonyl (C=O) groups is 2. The van der Waals surface area contributed by atoms with Crippen molar-refractivity contribution in [2.45, 2.75) is 18.8 Å². The zero-order valence-corrected chi connectivity index (χ0v) is 38.0. The van der Waals surface area contributed by atoms with Crippen LogP contribution in [0.15, 0.2) is 141 Å². The molecule has 0 saturated carbocycles. The molecule has 65 heavy (non-hydrogen) atoms. The molecule has 8 rings (SSSR count). The number of aromatic hydroxyl groups is 1. The molecule has 3 aliphatic rings. The molecule has 3 aliphatic heterocycles. The predicted molar refractivity (Wildman–Crippen MR) is 255 cm³/mol. The van der Waals surface area contributed by atoms with Gasteiger partial charge in [0, 0.05) is 85.4 Å². The second-order valence-corrected chi connectivity index (χ2v) is 16.6. The third kappa shape index (κ3) is 12.3. The van der Waals surface area contributed by atoms with Crippen molar-refractivity contribution in [3.05, 3.63) is 167 Å². The Balaban J connectivity index is 0.000000216. The summed E-state index contributed by atoms with van der Waals surface area (Å²) in [6.45, 7) is 16.3. The molecule has 0 bridgehead atoms. The number of ether oxygens (including phenoxy) is 5. The van der Waals surface area contributed by atoms with E-state index in [-0.39, 0.29) is 23.7 Å². The molecule has 340 valence electrons. The summed E-state index contributed by atoms with van der Waals surface area (Å²) in [4.78, 5) is 34.0. The number of anilines is 2. The largest absolute Gasteiger partial charge is 0.508 e. The number of phenolic OH excluding ortho intramolecular Hbond substituents is 1. The molecule has 1 N–H and O–H groups in total. The first kappa shape index (κ1) is 46.8. The average Bonchev–Trinajstić information content (AvgIpc) is 3.73. The van der Waals surface area contributed by atoms with Crippen LogP contribution in [0.25, 0.3) is 0 Å². The quantitative estimate of drug-likeness (QED) is 0.108. The highest BCUT2D eigenvalue weighted by Gasteiger charge is 2.40. The first-order valence-electron chi connectivity index (χ1n) is 21.6. The maximum Gasteiger partial charge on any atom is 0.254 e. The Morgan fingerprint density at radius 2 is 1.18 bits per heavy atom. The molecule has 0 radical (unpaired) electrons. The van der Waals surface area contributed by atoms with Gasteiger partial charge in [-0.3, -0.25) is 9.59 Å². The number of phenols is 1. The van der Waals surface area contributed by atoms with Crippen LogP contribution >= 0.6 is 23.2 Å². The summed E-state index contributed by atoms with van der Waals surface area (Å²) in [6.07, 6.45) is 3.12. The molecule has 5 aromatic carbocycles. The Kier molecular flexibility index (Phi) is 15.9. The Labute approximate surface area is 390 Å². The maximum absolute atomic E-state index is 13.0. The molecule has 3 fully saturated rings. The van der Waals surface area contributed by atoms with E-state index in [1.165, 1.54) is 0 Å². The first-order valence-corrected chi connectivity index (χ1v) is 22.3. The van der Waals surface area contributed by atoms with E-state index < -0.39 is 5.79 Å². The second-order valence-electron chi connectivity index (χ2n) is 15.8. The van der Waals surface area contributed by atoms with Crippen LogP contribution in [0.3, 0.4) is 0 Å². The van der Waals surface area contributed by atoms with Gasteiger partial charge in [0.25, 0.3) is 11.8 Å². The summed E-state index contributed by atoms with van der Waals surface area (Å²) in [5.74, 6) is 1.43. The lowest BCUT2D eigenvalue weighted by molar-refractivity contribution is -0.164. The third-order valence-corrected chi connectivity index (χ3v) is 11.8. The van der Waals surface area contributed by atoms with Crippen LogP contribution in [0, 0.1) is 0 Å². The number of nitrogens with zero attached hydrogens (tertiary/aromatic N) is 4. The maximum atomic E-state index is 13.0. The van der Waals surface area contributed by atoms with E-state index in [4.69, 9.17) is 46.9 Å². The number of halogens is 2. The number of hydrogen-bond acceptors (Lipinski definition) is 10. The van der Waals surface area contributed by atoms with Crippen molar-refractivity contribution in [3.8, 4) is 23.0 Å². The van der Waals surface area contributed by atoms with Crippen LogP contribution < -0.4 is 24.0 Å². The van der Waals surface area contributed by atoms with Crippen molar-refractivity contribution < 1.29 is 38.4 Å². The van der Waals surface area contributed by atoms with Crippen molar-refractivity contribution in [1.29, 1.82) is 0 Å². The Hall–Kier alpha value is -6.18. The van der Waals surface area contributed by atoms with E-state index in [9.17, 15) is 14.7 Å². The van der Waals surface area contributed by atoms with Gasteiger partial charge in [-0.25, -0.2) is 0 Å². The molecular formula is C51H54Cl2N4O8. The molecule has 12 nitrogen and oxygen atoms in total. The van der Waals surface area contributed by atoms with E-state index >= 15 is 0 Å². The van der Waals surface area contributed by atoms with Crippen molar-refractivity contribution >= 4 is 46.4 Å². The summed E-state index contributed by atoms with van der Waals surface area (Å²) in [5.41, 5.74) is 4.15. The van der Waals surface area contributed by atoms with Gasteiger partial charge in [0.15, 0.2) is 5.79 Å². The second kappa shape index (κ2) is 22.1. The number of amides is 2. The summed E-state index contributed by atoms with van der Waals surface area (Å²) in [7, 11) is 0. The van der Waals surface area contributed by atoms with Crippen molar-refractivity contribution in [2.75, 3.05) is 88.6 Å². The molecule has 14 heteroatoms. The Bertz CT molecular complexity index is 2400. The van der Waals surface area contributed by atoms with E-state index in [2.05, 4.69) is 23.0 Å². The van der Waals surface area contributed by atoms with Crippen LogP contribution in [0.2, 0.25) is 10.0 Å². The topological polar surface area (TPSA) is 113 Å². The van der Waals surface area contributed by atoms with Gasteiger partial charge in [0.2, 0.25) is 0 Å². The minimum Gasteiger partial charge on any atom is -0.508 e. The first-order chi connectivity index (χ1) is 31.5. The molecule has 2 amide bonds. The van der Waals surface area contributed by atoms with Gasteiger partial charge in [-0.1, -0.05) is 66.7 Å². The van der Waals surface area contributed by atoms with Crippen LogP contribution in [0.5, 0.6) is 23.0 Å². The summed E-state index contributed by atoms with van der Waals surface area (Å²) in [5, 5.41) is 10.4. The minimum atomic E-state index is -0.953. The predicted octanol–water partition coefficient (Wildman–Crippen LogP) is 9.11. The van der Waals surface area contributed by atoms with Crippen LogP contribution in [0.4, 0.5) is 11.4 Å². The van der Waals surface area contributed by atoms with Gasteiger partial charge < -0.3 is 48.4 Å². The summed E-state index contributed by atoms with van der Waals surface area (Å²) >= 11 is 12.4. The van der Waals surface area contributed by atoms with E-state index in [1.54, 1.807) is 48.6 Å². The fraction of sp³-hybridized carbons (Fsp3) is 0.294. The molecular weight excluding hydrogens is 867 g/mol. The molecule has 3 heterocycles. The van der Waals surface area contributed by atoms with Gasteiger partial charge >= 0.3 is 0 Å². The van der Waals surface area contributed by atoms with Crippen LogP contribution in [-0.2, 0) is 15.3 Å². The fourth-order valence-electron chi connectivity index (χ4n) is 7.77. The van der Waals surface area contributed by atoms with Crippen molar-refractivity contribution in [2.24, 2.45) is 0 Å². The lowest BCUT2D eigenvalue weighted by Gasteiger charge is -2.36. The average molecular weight is 922 g/mol. The molecule has 0 unspecified atom stereocenters. The fourth-order valence-corrected chi connectivity index (χ4v) is 8.35. The molecule has 0 aromatic heterocycles. The Morgan fingerprint density at radius 1 is 0.677 bits per heavy atom. The number of piperazine rings is 2. The molecule has 0 aliphatic carbocycles. The lowest BCUT2D eigenvalue weighted by atomic mass is 10.1. The summed E-state index contributed by atoms with van der Waals surface area (Å²) < 4.78 is 29.2. The summed E-state index contributed by atoms with van der Waals surface area (Å²) in [6, 6.07) is 35.0. The van der Waals surface area contributed by atoms with Gasteiger partial charge in [-0.2, -0.15) is 0 Å². The Morgan fingerprint density at radius 3 is 1.68 bits per heavy atom. The normalized spacial score (nSPS) is 18.3. The molecule has 2 atom stereocenters. The number of rotatable bonds is 14. The lowest BCUT2D eigenvalue weighted by Crippen LogP contribution is -2.48. The zero-order valence-electron chi connectivity index (χ0n) is 36.5. The third-order valence-electron chi connectivity index (χ3n) is 11.2.